The van der Waals surface area contributed by atoms with Crippen molar-refractivity contribution in [2.45, 2.75) is 13.8 Å². The molecule has 0 unspecified atom stereocenters. The highest BCUT2D eigenvalue weighted by Gasteiger charge is 2.16. The first-order chi connectivity index (χ1) is 7.50. The van der Waals surface area contributed by atoms with Crippen LogP contribution in [0.2, 0.25) is 5.02 Å². The summed E-state index contributed by atoms with van der Waals surface area (Å²) in [6.45, 7) is 3.82. The molecule has 2 aromatic rings. The summed E-state index contributed by atoms with van der Waals surface area (Å²) in [6.07, 6.45) is 0. The largest absolute Gasteiger partial charge is 0.341 e. The number of nitrogens with zero attached hydrogens (tertiary/aromatic N) is 1. The molecule has 0 radical (unpaired) electrons. The number of rotatable bonds is 2. The maximum absolute atomic E-state index is 12.0. The van der Waals surface area contributed by atoms with Crippen molar-refractivity contribution in [1.29, 1.82) is 0 Å². The second-order valence-electron chi connectivity index (χ2n) is 4.31. The van der Waals surface area contributed by atoms with E-state index >= 15 is 0 Å². The Morgan fingerprint density at radius 2 is 2.00 bits per heavy atom. The third-order valence-electron chi connectivity index (χ3n) is 2.78. The molecular formula is C13H14ClNO. The molecule has 1 aromatic heterocycles. The molecular weight excluding hydrogens is 222 g/mol. The second kappa shape index (κ2) is 3.95. The van der Waals surface area contributed by atoms with Gasteiger partial charge in [0, 0.05) is 28.9 Å². The Labute approximate surface area is 99.8 Å². The van der Waals surface area contributed by atoms with E-state index in [0.717, 1.165) is 16.6 Å². The van der Waals surface area contributed by atoms with Gasteiger partial charge < -0.3 is 4.57 Å². The number of halogens is 1. The number of Topliss-reactive ketones (excluding diaryl/α,β-unsaturated/α-hetero) is 1. The molecule has 0 atom stereocenters. The highest BCUT2D eigenvalue weighted by atomic mass is 35.5. The van der Waals surface area contributed by atoms with Gasteiger partial charge in [0.1, 0.15) is 0 Å². The summed E-state index contributed by atoms with van der Waals surface area (Å²) < 4.78 is 1.91. The van der Waals surface area contributed by atoms with Gasteiger partial charge in [0.05, 0.1) is 5.69 Å². The zero-order valence-corrected chi connectivity index (χ0v) is 10.4. The normalized spacial score (nSPS) is 11.3. The molecule has 0 amide bonds. The fourth-order valence-corrected chi connectivity index (χ4v) is 2.00. The van der Waals surface area contributed by atoms with Crippen molar-refractivity contribution in [3.05, 3.63) is 35.0 Å². The number of carbonyl (C=O) groups is 1. The number of aromatic nitrogens is 1. The molecule has 0 bridgehead atoms. The fourth-order valence-electron chi connectivity index (χ4n) is 1.84. The first-order valence-electron chi connectivity index (χ1n) is 5.30. The number of benzene rings is 1. The molecule has 1 aromatic carbocycles. The van der Waals surface area contributed by atoms with Crippen molar-refractivity contribution >= 4 is 28.3 Å². The van der Waals surface area contributed by atoms with E-state index in [1.165, 1.54) is 0 Å². The summed E-state index contributed by atoms with van der Waals surface area (Å²) in [7, 11) is 1.90. The van der Waals surface area contributed by atoms with Crippen LogP contribution in [0.25, 0.3) is 10.9 Å². The van der Waals surface area contributed by atoms with Crippen LogP contribution in [0.15, 0.2) is 24.3 Å². The fraction of sp³-hybridized carbons (Fsp3) is 0.308. The van der Waals surface area contributed by atoms with E-state index in [1.54, 1.807) is 0 Å². The number of ketones is 1. The number of aryl methyl sites for hydroxylation is 1. The Morgan fingerprint density at radius 1 is 1.31 bits per heavy atom. The van der Waals surface area contributed by atoms with Crippen molar-refractivity contribution in [3.63, 3.8) is 0 Å². The molecule has 0 aliphatic heterocycles. The Kier molecular flexibility index (Phi) is 2.76. The lowest BCUT2D eigenvalue weighted by atomic mass is 10.1. The molecule has 0 fully saturated rings. The SMILES string of the molecule is CC(C)C(=O)c1cc2ccc(Cl)cc2n1C. The lowest BCUT2D eigenvalue weighted by Gasteiger charge is -2.05. The minimum Gasteiger partial charge on any atom is -0.341 e. The molecule has 0 saturated carbocycles. The Balaban J connectivity index is 2.65. The quantitative estimate of drug-likeness (QED) is 0.728. The monoisotopic (exact) mass is 235 g/mol. The summed E-state index contributed by atoms with van der Waals surface area (Å²) in [5.41, 5.74) is 1.74. The molecule has 0 N–H and O–H groups in total. The van der Waals surface area contributed by atoms with E-state index in [-0.39, 0.29) is 11.7 Å². The number of fused-ring (bicyclic) bond motifs is 1. The van der Waals surface area contributed by atoms with E-state index in [4.69, 9.17) is 11.6 Å². The summed E-state index contributed by atoms with van der Waals surface area (Å²) in [5, 5.41) is 1.74. The molecule has 0 aliphatic carbocycles. The van der Waals surface area contributed by atoms with Crippen molar-refractivity contribution in [2.75, 3.05) is 0 Å². The van der Waals surface area contributed by atoms with Gasteiger partial charge in [0.15, 0.2) is 5.78 Å². The van der Waals surface area contributed by atoms with Gasteiger partial charge in [-0.2, -0.15) is 0 Å². The lowest BCUT2D eigenvalue weighted by Crippen LogP contribution is -2.11. The van der Waals surface area contributed by atoms with Crippen LogP contribution in [-0.2, 0) is 7.05 Å². The average molecular weight is 236 g/mol. The Morgan fingerprint density at radius 3 is 2.62 bits per heavy atom. The van der Waals surface area contributed by atoms with Crippen LogP contribution in [0.1, 0.15) is 24.3 Å². The van der Waals surface area contributed by atoms with Gasteiger partial charge in [-0.05, 0) is 18.2 Å². The Bertz CT molecular complexity index is 554. The molecule has 0 saturated heterocycles. The van der Waals surface area contributed by atoms with Crippen LogP contribution >= 0.6 is 11.6 Å². The van der Waals surface area contributed by atoms with Gasteiger partial charge >= 0.3 is 0 Å². The van der Waals surface area contributed by atoms with Crippen molar-refractivity contribution in [1.82, 2.24) is 4.57 Å². The van der Waals surface area contributed by atoms with Crippen LogP contribution in [-0.4, -0.2) is 10.4 Å². The first kappa shape index (κ1) is 11.2. The molecule has 2 nitrogen and oxygen atoms in total. The van der Waals surface area contributed by atoms with Gasteiger partial charge in [0.25, 0.3) is 0 Å². The van der Waals surface area contributed by atoms with Crippen molar-refractivity contribution in [3.8, 4) is 0 Å². The van der Waals surface area contributed by atoms with E-state index in [9.17, 15) is 4.79 Å². The zero-order chi connectivity index (χ0) is 11.9. The lowest BCUT2D eigenvalue weighted by molar-refractivity contribution is 0.0931. The molecule has 3 heteroatoms. The first-order valence-corrected chi connectivity index (χ1v) is 5.67. The smallest absolute Gasteiger partial charge is 0.181 e. The summed E-state index contributed by atoms with van der Waals surface area (Å²) in [4.78, 5) is 12.0. The minimum absolute atomic E-state index is 0.0125. The summed E-state index contributed by atoms with van der Waals surface area (Å²) >= 11 is 5.94. The minimum atomic E-state index is 0.0125. The van der Waals surface area contributed by atoms with E-state index in [0.29, 0.717) is 5.02 Å². The maximum atomic E-state index is 12.0. The third kappa shape index (κ3) is 1.74. The van der Waals surface area contributed by atoms with Gasteiger partial charge in [-0.3, -0.25) is 4.79 Å². The molecule has 84 valence electrons. The van der Waals surface area contributed by atoms with Gasteiger partial charge in [-0.1, -0.05) is 31.5 Å². The number of carbonyl (C=O) groups excluding carboxylic acids is 1. The highest BCUT2D eigenvalue weighted by Crippen LogP contribution is 2.23. The molecule has 1 heterocycles. The second-order valence-corrected chi connectivity index (χ2v) is 4.75. The summed E-state index contributed by atoms with van der Waals surface area (Å²) in [6, 6.07) is 7.59. The van der Waals surface area contributed by atoms with E-state index < -0.39 is 0 Å². The predicted molar refractivity (Wildman–Crippen MR) is 67.1 cm³/mol. The van der Waals surface area contributed by atoms with Crippen LogP contribution in [0.5, 0.6) is 0 Å². The third-order valence-corrected chi connectivity index (χ3v) is 3.02. The average Bonchev–Trinajstić information content (AvgIpc) is 2.55. The molecule has 0 spiro atoms. The van der Waals surface area contributed by atoms with Gasteiger partial charge in [-0.25, -0.2) is 0 Å². The van der Waals surface area contributed by atoms with Crippen molar-refractivity contribution < 1.29 is 4.79 Å². The molecule has 16 heavy (non-hydrogen) atoms. The molecule has 0 aliphatic rings. The van der Waals surface area contributed by atoms with E-state index in [1.807, 2.05) is 49.7 Å². The van der Waals surface area contributed by atoms with Crippen LogP contribution in [0, 0.1) is 5.92 Å². The van der Waals surface area contributed by atoms with Gasteiger partial charge in [-0.15, -0.1) is 0 Å². The zero-order valence-electron chi connectivity index (χ0n) is 9.62. The number of hydrogen-bond donors (Lipinski definition) is 0. The standard InChI is InChI=1S/C13H14ClNO/c1-8(2)13(16)12-6-9-4-5-10(14)7-11(9)15(12)3/h4-8H,1-3H3. The van der Waals surface area contributed by atoms with Crippen LogP contribution in [0.4, 0.5) is 0 Å². The van der Waals surface area contributed by atoms with E-state index in [2.05, 4.69) is 0 Å². The Hall–Kier alpha value is -1.28. The van der Waals surface area contributed by atoms with Crippen LogP contribution in [0.3, 0.4) is 0 Å². The van der Waals surface area contributed by atoms with Crippen molar-refractivity contribution in [2.24, 2.45) is 13.0 Å². The van der Waals surface area contributed by atoms with Gasteiger partial charge in [0.2, 0.25) is 0 Å². The highest BCUT2D eigenvalue weighted by molar-refractivity contribution is 6.31. The summed E-state index contributed by atoms with van der Waals surface area (Å²) in [5.74, 6) is 0.174. The molecule has 2 rings (SSSR count). The maximum Gasteiger partial charge on any atom is 0.181 e. The number of hydrogen-bond acceptors (Lipinski definition) is 1. The van der Waals surface area contributed by atoms with Crippen LogP contribution < -0.4 is 0 Å². The predicted octanol–water partition coefficient (Wildman–Crippen LogP) is 3.67. The topological polar surface area (TPSA) is 22.0 Å².